The highest BCUT2D eigenvalue weighted by Crippen LogP contribution is 2.29. The lowest BCUT2D eigenvalue weighted by Crippen LogP contribution is -2.31. The second-order valence-corrected chi connectivity index (χ2v) is 6.74. The van der Waals surface area contributed by atoms with Crippen molar-refractivity contribution in [2.24, 2.45) is 5.92 Å². The zero-order chi connectivity index (χ0) is 18.9. The summed E-state index contributed by atoms with van der Waals surface area (Å²) < 4.78 is 37.8. The maximum absolute atomic E-state index is 12.6. The van der Waals surface area contributed by atoms with Gasteiger partial charge in [-0.15, -0.1) is 0 Å². The van der Waals surface area contributed by atoms with Gasteiger partial charge in [0.15, 0.2) is 0 Å². The fraction of sp³-hybridized carbons (Fsp3) is 0.444. The van der Waals surface area contributed by atoms with Crippen molar-refractivity contribution in [3.8, 4) is 0 Å². The molecule has 0 bridgehead atoms. The Morgan fingerprint density at radius 2 is 2.00 bits per heavy atom. The Balaban J connectivity index is 1.58. The van der Waals surface area contributed by atoms with E-state index in [1.807, 2.05) is 13.0 Å². The highest BCUT2D eigenvalue weighted by atomic mass is 19.4. The summed E-state index contributed by atoms with van der Waals surface area (Å²) in [4.78, 5) is 14.0. The molecule has 1 amide bonds. The molecule has 0 saturated carbocycles. The molecule has 26 heavy (non-hydrogen) atoms. The van der Waals surface area contributed by atoms with Crippen LogP contribution in [0.1, 0.15) is 22.5 Å². The number of carbonyl (C=O) groups is 1. The van der Waals surface area contributed by atoms with E-state index in [1.165, 1.54) is 12.1 Å². The van der Waals surface area contributed by atoms with Gasteiger partial charge in [-0.25, -0.2) is 0 Å². The zero-order valence-electron chi connectivity index (χ0n) is 14.3. The minimum absolute atomic E-state index is 0.0130. The van der Waals surface area contributed by atoms with Crippen molar-refractivity contribution in [1.29, 1.82) is 0 Å². The Bertz CT molecular complexity index is 771. The van der Waals surface area contributed by atoms with E-state index in [1.54, 1.807) is 4.90 Å². The van der Waals surface area contributed by atoms with Crippen LogP contribution in [-0.2, 0) is 23.8 Å². The Labute approximate surface area is 148 Å². The standard InChI is InChI=1S/C18H20F3N3O2/c1-11-6-15(23-22-11)8-13-9-24(10-16(13)25)17(26)7-12-2-4-14(5-3-12)18(19,20)21/h2-6,13,16,25H,7-10H2,1H3,(H,22,23)/t13-,16-/m1/s1. The Morgan fingerprint density at radius 3 is 2.58 bits per heavy atom. The molecule has 1 fully saturated rings. The van der Waals surface area contributed by atoms with Crippen molar-refractivity contribution >= 4 is 5.91 Å². The molecule has 2 N–H and O–H groups in total. The van der Waals surface area contributed by atoms with Crippen molar-refractivity contribution in [2.75, 3.05) is 13.1 Å². The van der Waals surface area contributed by atoms with E-state index >= 15 is 0 Å². The number of aryl methyl sites for hydroxylation is 1. The van der Waals surface area contributed by atoms with Crippen LogP contribution in [-0.4, -0.2) is 45.3 Å². The van der Waals surface area contributed by atoms with Gasteiger partial charge in [0.1, 0.15) is 0 Å². The summed E-state index contributed by atoms with van der Waals surface area (Å²) in [5.74, 6) is -0.307. The third kappa shape index (κ3) is 4.24. The van der Waals surface area contributed by atoms with Crippen molar-refractivity contribution < 1.29 is 23.1 Å². The topological polar surface area (TPSA) is 69.2 Å². The third-order valence-electron chi connectivity index (χ3n) is 4.63. The van der Waals surface area contributed by atoms with Gasteiger partial charge in [-0.3, -0.25) is 9.89 Å². The van der Waals surface area contributed by atoms with Gasteiger partial charge in [0.05, 0.1) is 23.8 Å². The molecule has 0 spiro atoms. The molecule has 0 unspecified atom stereocenters. The number of aromatic nitrogens is 2. The molecule has 1 saturated heterocycles. The third-order valence-corrected chi connectivity index (χ3v) is 4.63. The summed E-state index contributed by atoms with van der Waals surface area (Å²) in [6.07, 6.45) is -4.45. The molecule has 140 valence electrons. The van der Waals surface area contributed by atoms with Gasteiger partial charge >= 0.3 is 6.18 Å². The molecule has 5 nitrogen and oxygen atoms in total. The molecule has 8 heteroatoms. The number of alkyl halides is 3. The van der Waals surface area contributed by atoms with E-state index in [2.05, 4.69) is 10.2 Å². The molecule has 1 aromatic carbocycles. The first-order chi connectivity index (χ1) is 12.2. The molecule has 2 atom stereocenters. The normalized spacial score (nSPS) is 20.6. The van der Waals surface area contributed by atoms with E-state index in [0.717, 1.165) is 23.5 Å². The number of likely N-dealkylation sites (tertiary alicyclic amines) is 1. The first-order valence-electron chi connectivity index (χ1n) is 8.35. The van der Waals surface area contributed by atoms with Crippen molar-refractivity contribution in [3.63, 3.8) is 0 Å². The van der Waals surface area contributed by atoms with E-state index in [-0.39, 0.29) is 24.8 Å². The van der Waals surface area contributed by atoms with Crippen molar-refractivity contribution in [1.82, 2.24) is 15.1 Å². The first kappa shape index (κ1) is 18.4. The van der Waals surface area contributed by atoms with E-state index in [4.69, 9.17) is 0 Å². The number of aliphatic hydroxyl groups excluding tert-OH is 1. The Kier molecular flexibility index (Phi) is 5.04. The van der Waals surface area contributed by atoms with Crippen LogP contribution in [0.3, 0.4) is 0 Å². The predicted molar refractivity (Wildman–Crippen MR) is 88.3 cm³/mol. The number of β-amino-alcohol motifs (C(OH)–C–C–N with tert-alkyl or cyclic N) is 1. The summed E-state index contributed by atoms with van der Waals surface area (Å²) in [6, 6.07) is 6.49. The number of rotatable bonds is 4. The van der Waals surface area contributed by atoms with Crippen LogP contribution >= 0.6 is 0 Å². The number of amides is 1. The minimum atomic E-state index is -4.39. The number of nitrogens with one attached hydrogen (secondary N) is 1. The number of nitrogens with zero attached hydrogens (tertiary/aromatic N) is 2. The maximum atomic E-state index is 12.6. The predicted octanol–water partition coefficient (Wildman–Crippen LogP) is 2.34. The average molecular weight is 367 g/mol. The summed E-state index contributed by atoms with van der Waals surface area (Å²) in [5.41, 5.74) is 1.55. The molecule has 0 aliphatic carbocycles. The van der Waals surface area contributed by atoms with Gasteiger partial charge in [-0.05, 0) is 37.1 Å². The molecule has 3 rings (SSSR count). The maximum Gasteiger partial charge on any atom is 0.416 e. The number of carbonyl (C=O) groups excluding carboxylic acids is 1. The average Bonchev–Trinajstić information content (AvgIpc) is 3.14. The summed E-state index contributed by atoms with van der Waals surface area (Å²) in [7, 11) is 0. The lowest BCUT2D eigenvalue weighted by atomic mass is 10.0. The highest BCUT2D eigenvalue weighted by molar-refractivity contribution is 5.79. The molecule has 0 radical (unpaired) electrons. The van der Waals surface area contributed by atoms with Crippen LogP contribution in [0.15, 0.2) is 30.3 Å². The Morgan fingerprint density at radius 1 is 1.31 bits per heavy atom. The van der Waals surface area contributed by atoms with Crippen molar-refractivity contribution in [3.05, 3.63) is 52.8 Å². The van der Waals surface area contributed by atoms with Crippen LogP contribution in [0.4, 0.5) is 13.2 Å². The first-order valence-corrected chi connectivity index (χ1v) is 8.35. The van der Waals surface area contributed by atoms with Crippen LogP contribution < -0.4 is 0 Å². The lowest BCUT2D eigenvalue weighted by Gasteiger charge is -2.16. The monoisotopic (exact) mass is 367 g/mol. The minimum Gasteiger partial charge on any atom is -0.391 e. The number of aliphatic hydroxyl groups is 1. The van der Waals surface area contributed by atoms with E-state index < -0.39 is 17.8 Å². The highest BCUT2D eigenvalue weighted by Gasteiger charge is 2.34. The number of benzene rings is 1. The van der Waals surface area contributed by atoms with Crippen molar-refractivity contribution in [2.45, 2.75) is 32.0 Å². The van der Waals surface area contributed by atoms with Crippen LogP contribution in [0.5, 0.6) is 0 Å². The van der Waals surface area contributed by atoms with Gasteiger partial charge < -0.3 is 10.0 Å². The number of hydrogen-bond acceptors (Lipinski definition) is 3. The van der Waals surface area contributed by atoms with Crippen LogP contribution in [0.25, 0.3) is 0 Å². The summed E-state index contributed by atoms with van der Waals surface area (Å²) in [5, 5.41) is 17.2. The quantitative estimate of drug-likeness (QED) is 0.872. The van der Waals surface area contributed by atoms with Gasteiger partial charge in [-0.2, -0.15) is 18.3 Å². The summed E-state index contributed by atoms with van der Waals surface area (Å²) in [6.45, 7) is 2.53. The molecular weight excluding hydrogens is 347 g/mol. The Hall–Kier alpha value is -2.35. The van der Waals surface area contributed by atoms with Crippen LogP contribution in [0, 0.1) is 12.8 Å². The summed E-state index contributed by atoms with van der Waals surface area (Å²) >= 11 is 0. The van der Waals surface area contributed by atoms with Gasteiger partial charge in [0, 0.05) is 24.7 Å². The zero-order valence-corrected chi connectivity index (χ0v) is 14.3. The van der Waals surface area contributed by atoms with Crippen LogP contribution in [0.2, 0.25) is 0 Å². The van der Waals surface area contributed by atoms with Gasteiger partial charge in [-0.1, -0.05) is 12.1 Å². The number of aromatic amines is 1. The largest absolute Gasteiger partial charge is 0.416 e. The molecular formula is C18H20F3N3O2. The molecule has 1 aliphatic rings. The number of H-pyrrole nitrogens is 1. The fourth-order valence-electron chi connectivity index (χ4n) is 3.20. The molecule has 2 heterocycles. The SMILES string of the molecule is Cc1cc(C[C@@H]2CN(C(=O)Cc3ccc(C(F)(F)F)cc3)C[C@H]2O)n[nH]1. The lowest BCUT2D eigenvalue weighted by molar-refractivity contribution is -0.137. The molecule has 1 aromatic heterocycles. The van der Waals surface area contributed by atoms with E-state index in [0.29, 0.717) is 18.5 Å². The molecule has 1 aliphatic heterocycles. The number of halogens is 3. The molecule has 2 aromatic rings. The van der Waals surface area contributed by atoms with E-state index in [9.17, 15) is 23.1 Å². The smallest absolute Gasteiger partial charge is 0.391 e. The fourth-order valence-corrected chi connectivity index (χ4v) is 3.20. The van der Waals surface area contributed by atoms with Gasteiger partial charge in [0.25, 0.3) is 0 Å². The number of hydrogen-bond donors (Lipinski definition) is 2. The second-order valence-electron chi connectivity index (χ2n) is 6.74. The van der Waals surface area contributed by atoms with Gasteiger partial charge in [0.2, 0.25) is 5.91 Å². The second kappa shape index (κ2) is 7.11.